The fourth-order valence-electron chi connectivity index (χ4n) is 4.71. The van der Waals surface area contributed by atoms with Gasteiger partial charge in [0.15, 0.2) is 6.10 Å². The summed E-state index contributed by atoms with van der Waals surface area (Å²) in [5, 5.41) is 2.12. The predicted molar refractivity (Wildman–Crippen MR) is 126 cm³/mol. The Hall–Kier alpha value is -2.61. The van der Waals surface area contributed by atoms with Crippen LogP contribution in [0.1, 0.15) is 24.1 Å². The van der Waals surface area contributed by atoms with Crippen LogP contribution in [0.2, 0.25) is 10.0 Å². The number of nitrogens with zero attached hydrogens (tertiary/aromatic N) is 4. The van der Waals surface area contributed by atoms with Gasteiger partial charge in [0.1, 0.15) is 0 Å². The summed E-state index contributed by atoms with van der Waals surface area (Å²) >= 11 is 12.7. The number of halogens is 2. The molecule has 1 aromatic carbocycles. The number of anilines is 2. The van der Waals surface area contributed by atoms with Crippen LogP contribution in [-0.4, -0.2) is 53.1 Å². The third-order valence-corrected chi connectivity index (χ3v) is 6.79. The van der Waals surface area contributed by atoms with Gasteiger partial charge in [-0.25, -0.2) is 0 Å². The Bertz CT molecular complexity index is 1200. The lowest BCUT2D eigenvalue weighted by Crippen LogP contribution is -2.53. The predicted octanol–water partition coefficient (Wildman–Crippen LogP) is 3.87. The molecule has 2 aliphatic heterocycles. The summed E-state index contributed by atoms with van der Waals surface area (Å²) in [5.41, 5.74) is 10.3. The van der Waals surface area contributed by atoms with Crippen molar-refractivity contribution in [3.63, 3.8) is 0 Å². The van der Waals surface area contributed by atoms with Crippen molar-refractivity contribution in [2.24, 2.45) is 0 Å². The van der Waals surface area contributed by atoms with Crippen molar-refractivity contribution in [1.29, 1.82) is 0 Å². The van der Waals surface area contributed by atoms with Gasteiger partial charge in [0.2, 0.25) is 0 Å². The molecule has 7 nitrogen and oxygen atoms in total. The Morgan fingerprint density at radius 2 is 2.03 bits per heavy atom. The molecule has 2 aliphatic rings. The van der Waals surface area contributed by atoms with Gasteiger partial charge in [-0.3, -0.25) is 14.8 Å². The highest BCUT2D eigenvalue weighted by Gasteiger charge is 2.36. The molecule has 0 unspecified atom stereocenters. The highest BCUT2D eigenvalue weighted by Crippen LogP contribution is 2.37. The SMILES string of the molecule is C[C@H]1c2c(Cl)cc(Cl)cc2CCN1C(=O)[C@H]1CN(c2cncc3ncc(N)cc23)CCO1. The lowest BCUT2D eigenvalue weighted by molar-refractivity contribution is -0.147. The molecule has 1 fully saturated rings. The van der Waals surface area contributed by atoms with Gasteiger partial charge in [-0.1, -0.05) is 23.2 Å². The first-order valence-corrected chi connectivity index (χ1v) is 11.3. The topological polar surface area (TPSA) is 84.6 Å². The summed E-state index contributed by atoms with van der Waals surface area (Å²) in [4.78, 5) is 26.2. The van der Waals surface area contributed by atoms with Crippen LogP contribution in [0.5, 0.6) is 0 Å². The van der Waals surface area contributed by atoms with E-state index in [-0.39, 0.29) is 11.9 Å². The van der Waals surface area contributed by atoms with E-state index in [0.29, 0.717) is 48.4 Å². The highest BCUT2D eigenvalue weighted by atomic mass is 35.5. The Labute approximate surface area is 196 Å². The number of carbonyl (C=O) groups excluding carboxylic acids is 1. The van der Waals surface area contributed by atoms with Crippen LogP contribution >= 0.6 is 23.2 Å². The number of aromatic nitrogens is 2. The number of rotatable bonds is 2. The van der Waals surface area contributed by atoms with Crippen LogP contribution in [0.15, 0.2) is 36.8 Å². The third kappa shape index (κ3) is 3.74. The molecule has 166 valence electrons. The molecular weight excluding hydrogens is 449 g/mol. The highest BCUT2D eigenvalue weighted by molar-refractivity contribution is 6.35. The first-order chi connectivity index (χ1) is 15.4. The average molecular weight is 472 g/mol. The summed E-state index contributed by atoms with van der Waals surface area (Å²) in [6.07, 6.45) is 5.25. The molecule has 2 aromatic heterocycles. The maximum absolute atomic E-state index is 13.5. The standard InChI is InChI=1S/C23H23Cl2N5O2/c1-13-22-14(6-15(24)7-18(22)25)2-3-30(13)23(31)21-12-29(4-5-32-21)20-11-27-10-19-17(20)8-16(26)9-28-19/h6-11,13,21H,2-5,12,26H2,1H3/t13-,21+/m0/s1. The molecule has 2 N–H and O–H groups in total. The fourth-order valence-corrected chi connectivity index (χ4v) is 5.40. The molecule has 9 heteroatoms. The average Bonchev–Trinajstić information content (AvgIpc) is 2.78. The van der Waals surface area contributed by atoms with Gasteiger partial charge >= 0.3 is 0 Å². The summed E-state index contributed by atoms with van der Waals surface area (Å²) in [5.74, 6) is -0.0373. The normalized spacial score (nSPS) is 21.0. The van der Waals surface area contributed by atoms with E-state index in [1.807, 2.05) is 24.0 Å². The minimum atomic E-state index is -0.580. The number of morpholine rings is 1. The van der Waals surface area contributed by atoms with Crippen LogP contribution in [0, 0.1) is 0 Å². The van der Waals surface area contributed by atoms with Gasteiger partial charge in [-0.2, -0.15) is 0 Å². The van der Waals surface area contributed by atoms with Crippen molar-refractivity contribution in [2.75, 3.05) is 36.9 Å². The Morgan fingerprint density at radius 1 is 1.19 bits per heavy atom. The molecule has 0 spiro atoms. The second-order valence-electron chi connectivity index (χ2n) is 8.22. The van der Waals surface area contributed by atoms with Crippen LogP contribution in [0.3, 0.4) is 0 Å². The largest absolute Gasteiger partial charge is 0.397 e. The molecule has 0 aliphatic carbocycles. The van der Waals surface area contributed by atoms with Gasteiger partial charge in [-0.15, -0.1) is 0 Å². The number of nitrogen functional groups attached to an aromatic ring is 1. The Morgan fingerprint density at radius 3 is 2.88 bits per heavy atom. The minimum absolute atomic E-state index is 0.0373. The van der Waals surface area contributed by atoms with Gasteiger partial charge in [0.05, 0.1) is 54.7 Å². The van der Waals surface area contributed by atoms with Gasteiger partial charge in [-0.05, 0) is 42.7 Å². The summed E-state index contributed by atoms with van der Waals surface area (Å²) in [6.45, 7) is 4.12. The van der Waals surface area contributed by atoms with Crippen LogP contribution in [0.25, 0.3) is 10.9 Å². The zero-order valence-electron chi connectivity index (χ0n) is 17.6. The van der Waals surface area contributed by atoms with Gasteiger partial charge in [0.25, 0.3) is 5.91 Å². The molecule has 1 amide bonds. The molecule has 1 saturated heterocycles. The monoisotopic (exact) mass is 471 g/mol. The zero-order chi connectivity index (χ0) is 22.4. The van der Waals surface area contributed by atoms with E-state index in [1.54, 1.807) is 24.7 Å². The number of benzene rings is 1. The van der Waals surface area contributed by atoms with Crippen molar-refractivity contribution in [3.05, 3.63) is 58.0 Å². The van der Waals surface area contributed by atoms with Crippen molar-refractivity contribution in [2.45, 2.75) is 25.5 Å². The minimum Gasteiger partial charge on any atom is -0.397 e. The first-order valence-electron chi connectivity index (χ1n) is 10.6. The number of ether oxygens (including phenoxy) is 1. The second kappa shape index (κ2) is 8.39. The van der Waals surface area contributed by atoms with E-state index >= 15 is 0 Å². The molecule has 0 radical (unpaired) electrons. The number of pyridine rings is 2. The molecular formula is C23H23Cl2N5O2. The second-order valence-corrected chi connectivity index (χ2v) is 9.06. The molecule has 3 aromatic rings. The molecule has 4 heterocycles. The van der Waals surface area contributed by atoms with E-state index in [9.17, 15) is 4.79 Å². The molecule has 0 bridgehead atoms. The lowest BCUT2D eigenvalue weighted by atomic mass is 9.93. The molecule has 2 atom stereocenters. The van der Waals surface area contributed by atoms with Crippen LogP contribution in [0.4, 0.5) is 11.4 Å². The van der Waals surface area contributed by atoms with Crippen molar-refractivity contribution >= 4 is 51.4 Å². The molecule has 32 heavy (non-hydrogen) atoms. The van der Waals surface area contributed by atoms with Crippen LogP contribution in [-0.2, 0) is 16.0 Å². The molecule has 0 saturated carbocycles. The maximum atomic E-state index is 13.5. The Balaban J connectivity index is 1.39. The number of amides is 1. The number of hydrogen-bond acceptors (Lipinski definition) is 6. The number of nitrogens with two attached hydrogens (primary N) is 1. The van der Waals surface area contributed by atoms with Crippen molar-refractivity contribution in [3.8, 4) is 0 Å². The van der Waals surface area contributed by atoms with Gasteiger partial charge < -0.3 is 20.3 Å². The Kier molecular flexibility index (Phi) is 5.57. The maximum Gasteiger partial charge on any atom is 0.254 e. The van der Waals surface area contributed by atoms with E-state index in [2.05, 4.69) is 14.9 Å². The van der Waals surface area contributed by atoms with E-state index in [1.165, 1.54) is 0 Å². The third-order valence-electron chi connectivity index (χ3n) is 6.26. The molecule has 5 rings (SSSR count). The van der Waals surface area contributed by atoms with E-state index < -0.39 is 6.10 Å². The fraction of sp³-hybridized carbons (Fsp3) is 0.348. The quantitative estimate of drug-likeness (QED) is 0.610. The smallest absolute Gasteiger partial charge is 0.254 e. The summed E-state index contributed by atoms with van der Waals surface area (Å²) < 4.78 is 5.92. The zero-order valence-corrected chi connectivity index (χ0v) is 19.1. The van der Waals surface area contributed by atoms with Crippen molar-refractivity contribution in [1.82, 2.24) is 14.9 Å². The van der Waals surface area contributed by atoms with E-state index in [0.717, 1.165) is 27.7 Å². The van der Waals surface area contributed by atoms with Crippen LogP contribution < -0.4 is 10.6 Å². The summed E-state index contributed by atoms with van der Waals surface area (Å²) in [6, 6.07) is 5.41. The number of hydrogen-bond donors (Lipinski definition) is 1. The van der Waals surface area contributed by atoms with E-state index in [4.69, 9.17) is 33.7 Å². The number of fused-ring (bicyclic) bond motifs is 2. The van der Waals surface area contributed by atoms with Gasteiger partial charge in [0, 0.05) is 28.5 Å². The summed E-state index contributed by atoms with van der Waals surface area (Å²) in [7, 11) is 0. The first kappa shape index (κ1) is 21.2. The number of carbonyl (C=O) groups is 1. The van der Waals surface area contributed by atoms with Crippen molar-refractivity contribution < 1.29 is 9.53 Å². The lowest BCUT2D eigenvalue weighted by Gasteiger charge is -2.40.